The van der Waals surface area contributed by atoms with Crippen LogP contribution < -0.4 is 10.1 Å². The van der Waals surface area contributed by atoms with Crippen LogP contribution >= 0.6 is 11.3 Å². The second-order valence-corrected chi connectivity index (χ2v) is 7.24. The minimum Gasteiger partial charge on any atom is -0.495 e. The Morgan fingerprint density at radius 2 is 2.10 bits per heavy atom. The Hall–Kier alpha value is -3.78. The molecule has 0 aliphatic carbocycles. The van der Waals surface area contributed by atoms with E-state index in [0.29, 0.717) is 22.8 Å². The second-order valence-electron chi connectivity index (χ2n) is 6.36. The zero-order valence-electron chi connectivity index (χ0n) is 15.4. The number of carbonyl (C=O) groups is 1. The van der Waals surface area contributed by atoms with Crippen molar-refractivity contribution in [2.24, 2.45) is 0 Å². The highest BCUT2D eigenvalue weighted by Crippen LogP contribution is 2.31. The predicted octanol–water partition coefficient (Wildman–Crippen LogP) is 4.27. The zero-order chi connectivity index (χ0) is 19.8. The molecular weight excluding hydrogens is 386 g/mol. The van der Waals surface area contributed by atoms with Crippen molar-refractivity contribution in [1.82, 2.24) is 19.4 Å². The van der Waals surface area contributed by atoms with Crippen molar-refractivity contribution < 1.29 is 9.53 Å². The number of carbonyl (C=O) groups excluding carboxylic acids is 1. The molecule has 0 unspecified atom stereocenters. The lowest BCUT2D eigenvalue weighted by molar-refractivity contribution is 0.102. The summed E-state index contributed by atoms with van der Waals surface area (Å²) in [7, 11) is 1.57. The largest absolute Gasteiger partial charge is 0.495 e. The summed E-state index contributed by atoms with van der Waals surface area (Å²) in [6.45, 7) is 0. The smallest absolute Gasteiger partial charge is 0.255 e. The van der Waals surface area contributed by atoms with Gasteiger partial charge < -0.3 is 10.1 Å². The molecule has 0 saturated heterocycles. The summed E-state index contributed by atoms with van der Waals surface area (Å²) in [5.74, 6) is 0.969. The molecule has 0 aliphatic rings. The van der Waals surface area contributed by atoms with Crippen LogP contribution in [0.2, 0.25) is 0 Å². The normalized spacial score (nSPS) is 11.1. The first-order valence-corrected chi connectivity index (χ1v) is 9.72. The van der Waals surface area contributed by atoms with Gasteiger partial charge in [-0.1, -0.05) is 0 Å². The summed E-state index contributed by atoms with van der Waals surface area (Å²) in [5, 5.41) is 2.95. The highest BCUT2D eigenvalue weighted by molar-refractivity contribution is 7.16. The van der Waals surface area contributed by atoms with E-state index in [9.17, 15) is 4.79 Å². The molecule has 0 saturated carbocycles. The van der Waals surface area contributed by atoms with Gasteiger partial charge in [0, 0.05) is 29.7 Å². The number of nitrogens with one attached hydrogen (secondary N) is 1. The average Bonchev–Trinajstić information content (AvgIpc) is 3.39. The van der Waals surface area contributed by atoms with Gasteiger partial charge in [-0.05, 0) is 42.5 Å². The molecule has 142 valence electrons. The van der Waals surface area contributed by atoms with E-state index in [1.165, 1.54) is 11.3 Å². The van der Waals surface area contributed by atoms with E-state index >= 15 is 0 Å². The SMILES string of the molecule is COc1ccc(-c2cn3cccnc3n2)cc1NC(=O)c1ccc2ncsc2c1. The van der Waals surface area contributed by atoms with Crippen molar-refractivity contribution in [3.05, 3.63) is 72.1 Å². The molecule has 0 bridgehead atoms. The molecule has 2 aromatic carbocycles. The predicted molar refractivity (Wildman–Crippen MR) is 113 cm³/mol. The monoisotopic (exact) mass is 401 g/mol. The number of hydrogen-bond donors (Lipinski definition) is 1. The maximum atomic E-state index is 12.8. The molecule has 3 aromatic heterocycles. The summed E-state index contributed by atoms with van der Waals surface area (Å²) in [6, 6.07) is 12.9. The fraction of sp³-hybridized carbons (Fsp3) is 0.0476. The van der Waals surface area contributed by atoms with Crippen molar-refractivity contribution in [1.29, 1.82) is 0 Å². The molecule has 8 heteroatoms. The molecule has 1 N–H and O–H groups in total. The lowest BCUT2D eigenvalue weighted by atomic mass is 10.1. The topological polar surface area (TPSA) is 81.4 Å². The number of nitrogens with zero attached hydrogens (tertiary/aromatic N) is 4. The third-order valence-corrected chi connectivity index (χ3v) is 5.36. The molecule has 7 nitrogen and oxygen atoms in total. The van der Waals surface area contributed by atoms with Gasteiger partial charge in [0.25, 0.3) is 5.91 Å². The maximum Gasteiger partial charge on any atom is 0.255 e. The number of rotatable bonds is 4. The Morgan fingerprint density at radius 3 is 2.97 bits per heavy atom. The van der Waals surface area contributed by atoms with Gasteiger partial charge >= 0.3 is 0 Å². The Labute approximate surface area is 169 Å². The van der Waals surface area contributed by atoms with Gasteiger partial charge in [0.15, 0.2) is 0 Å². The third-order valence-electron chi connectivity index (χ3n) is 4.57. The lowest BCUT2D eigenvalue weighted by Crippen LogP contribution is -2.12. The maximum absolute atomic E-state index is 12.8. The van der Waals surface area contributed by atoms with Gasteiger partial charge in [0.05, 0.1) is 34.2 Å². The first kappa shape index (κ1) is 17.3. The van der Waals surface area contributed by atoms with E-state index in [2.05, 4.69) is 20.3 Å². The van der Waals surface area contributed by atoms with Gasteiger partial charge in [-0.2, -0.15) is 0 Å². The average molecular weight is 401 g/mol. The Kier molecular flexibility index (Phi) is 4.18. The molecule has 0 radical (unpaired) electrons. The second kappa shape index (κ2) is 6.99. The lowest BCUT2D eigenvalue weighted by Gasteiger charge is -2.11. The van der Waals surface area contributed by atoms with Crippen LogP contribution in [0.1, 0.15) is 10.4 Å². The molecule has 29 heavy (non-hydrogen) atoms. The van der Waals surface area contributed by atoms with Crippen LogP contribution in [0.3, 0.4) is 0 Å². The molecule has 0 fully saturated rings. The standard InChI is InChI=1S/C21H15N5O2S/c1-28-18-6-4-13(17-11-26-8-2-7-22-21(26)25-17)9-16(18)24-20(27)14-3-5-15-19(10-14)29-12-23-15/h2-12H,1H3,(H,24,27). The molecule has 0 aliphatic heterocycles. The molecule has 5 rings (SSSR count). The van der Waals surface area contributed by atoms with Crippen molar-refractivity contribution in [3.63, 3.8) is 0 Å². The van der Waals surface area contributed by atoms with Crippen LogP contribution in [-0.4, -0.2) is 32.4 Å². The van der Waals surface area contributed by atoms with Crippen LogP contribution in [0.5, 0.6) is 5.75 Å². The fourth-order valence-electron chi connectivity index (χ4n) is 3.12. The van der Waals surface area contributed by atoms with E-state index in [1.54, 1.807) is 24.9 Å². The number of hydrogen-bond acceptors (Lipinski definition) is 6. The van der Waals surface area contributed by atoms with Crippen LogP contribution in [-0.2, 0) is 0 Å². The number of benzene rings is 2. The minimum atomic E-state index is -0.215. The van der Waals surface area contributed by atoms with E-state index < -0.39 is 0 Å². The number of amides is 1. The van der Waals surface area contributed by atoms with Gasteiger partial charge in [-0.3, -0.25) is 9.20 Å². The molecule has 0 spiro atoms. The van der Waals surface area contributed by atoms with E-state index in [1.807, 2.05) is 53.2 Å². The first-order chi connectivity index (χ1) is 14.2. The Morgan fingerprint density at radius 1 is 1.17 bits per heavy atom. The number of ether oxygens (including phenoxy) is 1. The number of anilines is 1. The van der Waals surface area contributed by atoms with Crippen LogP contribution in [0, 0.1) is 0 Å². The highest BCUT2D eigenvalue weighted by atomic mass is 32.1. The van der Waals surface area contributed by atoms with Crippen molar-refractivity contribution in [3.8, 4) is 17.0 Å². The van der Waals surface area contributed by atoms with Gasteiger partial charge in [-0.25, -0.2) is 15.0 Å². The van der Waals surface area contributed by atoms with Crippen LogP contribution in [0.25, 0.3) is 27.3 Å². The first-order valence-electron chi connectivity index (χ1n) is 8.84. The number of imidazole rings is 1. The molecule has 0 atom stereocenters. The molecular formula is C21H15N5O2S. The number of fused-ring (bicyclic) bond motifs is 2. The summed E-state index contributed by atoms with van der Waals surface area (Å²) in [6.07, 6.45) is 5.49. The number of methoxy groups -OCH3 is 1. The van der Waals surface area contributed by atoms with Gasteiger partial charge in [0.1, 0.15) is 5.75 Å². The highest BCUT2D eigenvalue weighted by Gasteiger charge is 2.14. The fourth-order valence-corrected chi connectivity index (χ4v) is 3.84. The Bertz CT molecular complexity index is 1320. The van der Waals surface area contributed by atoms with Crippen molar-refractivity contribution in [2.45, 2.75) is 0 Å². The molecule has 5 aromatic rings. The summed E-state index contributed by atoms with van der Waals surface area (Å²) in [5.41, 5.74) is 5.39. The van der Waals surface area contributed by atoms with Crippen LogP contribution in [0.4, 0.5) is 5.69 Å². The third kappa shape index (κ3) is 3.19. The van der Waals surface area contributed by atoms with Gasteiger partial charge in [-0.15, -0.1) is 11.3 Å². The van der Waals surface area contributed by atoms with E-state index in [0.717, 1.165) is 21.5 Å². The minimum absolute atomic E-state index is 0.215. The summed E-state index contributed by atoms with van der Waals surface area (Å²) < 4.78 is 8.25. The van der Waals surface area contributed by atoms with Crippen molar-refractivity contribution >= 4 is 38.9 Å². The number of aromatic nitrogens is 4. The van der Waals surface area contributed by atoms with E-state index in [-0.39, 0.29) is 5.91 Å². The summed E-state index contributed by atoms with van der Waals surface area (Å²) >= 11 is 1.50. The Balaban J connectivity index is 1.49. The van der Waals surface area contributed by atoms with Crippen LogP contribution in [0.15, 0.2) is 66.6 Å². The van der Waals surface area contributed by atoms with Gasteiger partial charge in [0.2, 0.25) is 5.78 Å². The quantitative estimate of drug-likeness (QED) is 0.486. The van der Waals surface area contributed by atoms with Crippen molar-refractivity contribution in [2.75, 3.05) is 12.4 Å². The molecule has 3 heterocycles. The zero-order valence-corrected chi connectivity index (χ0v) is 16.2. The molecule has 1 amide bonds. The summed E-state index contributed by atoms with van der Waals surface area (Å²) in [4.78, 5) is 25.9. The number of thiazole rings is 1. The van der Waals surface area contributed by atoms with E-state index in [4.69, 9.17) is 4.74 Å².